The van der Waals surface area contributed by atoms with Crippen molar-refractivity contribution < 1.29 is 19.1 Å². The first-order valence-corrected chi connectivity index (χ1v) is 6.03. The Hall–Kier alpha value is -2.17. The Morgan fingerprint density at radius 3 is 1.95 bits per heavy atom. The second kappa shape index (κ2) is 4.84. The predicted molar refractivity (Wildman–Crippen MR) is 68.6 cm³/mol. The molecular weight excluding hydrogens is 246 g/mol. The highest BCUT2D eigenvalue weighted by Gasteiger charge is 2.42. The van der Waals surface area contributed by atoms with E-state index in [-0.39, 0.29) is 23.7 Å². The SMILES string of the molecule is COC(=O)c1ccc(N2C(=O)C(C)C(C)C2=O)cc1. The number of benzene rings is 1. The second-order valence-corrected chi connectivity index (χ2v) is 4.63. The summed E-state index contributed by atoms with van der Waals surface area (Å²) in [6.45, 7) is 3.49. The lowest BCUT2D eigenvalue weighted by Gasteiger charge is -2.14. The van der Waals surface area contributed by atoms with Crippen LogP contribution in [0.25, 0.3) is 0 Å². The first-order chi connectivity index (χ1) is 8.97. The van der Waals surface area contributed by atoms with E-state index in [0.717, 1.165) is 0 Å². The van der Waals surface area contributed by atoms with Crippen LogP contribution >= 0.6 is 0 Å². The van der Waals surface area contributed by atoms with Gasteiger partial charge in [-0.15, -0.1) is 0 Å². The summed E-state index contributed by atoms with van der Waals surface area (Å²) < 4.78 is 4.59. The van der Waals surface area contributed by atoms with Gasteiger partial charge in [0.05, 0.1) is 18.4 Å². The molecule has 100 valence electrons. The van der Waals surface area contributed by atoms with Crippen LogP contribution in [0.5, 0.6) is 0 Å². The molecule has 1 heterocycles. The fourth-order valence-corrected chi connectivity index (χ4v) is 2.06. The molecule has 19 heavy (non-hydrogen) atoms. The standard InChI is InChI=1S/C14H15NO4/c1-8-9(2)13(17)15(12(8)16)11-6-4-10(5-7-11)14(18)19-3/h4-9H,1-3H3. The van der Waals surface area contributed by atoms with E-state index in [0.29, 0.717) is 11.3 Å². The van der Waals surface area contributed by atoms with Gasteiger partial charge in [0.1, 0.15) is 0 Å². The number of ether oxygens (including phenoxy) is 1. The van der Waals surface area contributed by atoms with E-state index in [1.165, 1.54) is 24.1 Å². The fourth-order valence-electron chi connectivity index (χ4n) is 2.06. The molecular formula is C14H15NO4. The molecule has 2 unspecified atom stereocenters. The third-order valence-corrected chi connectivity index (χ3v) is 3.52. The number of methoxy groups -OCH3 is 1. The molecule has 0 spiro atoms. The second-order valence-electron chi connectivity index (χ2n) is 4.63. The zero-order chi connectivity index (χ0) is 14.2. The van der Waals surface area contributed by atoms with Gasteiger partial charge in [0.15, 0.2) is 0 Å². The lowest BCUT2D eigenvalue weighted by atomic mass is 10.00. The summed E-state index contributed by atoms with van der Waals surface area (Å²) >= 11 is 0. The zero-order valence-corrected chi connectivity index (χ0v) is 11.0. The summed E-state index contributed by atoms with van der Waals surface area (Å²) in [7, 11) is 1.30. The average molecular weight is 261 g/mol. The van der Waals surface area contributed by atoms with E-state index in [4.69, 9.17) is 0 Å². The number of carbonyl (C=O) groups excluding carboxylic acids is 3. The van der Waals surface area contributed by atoms with Crippen molar-refractivity contribution in [1.82, 2.24) is 0 Å². The molecule has 2 atom stereocenters. The zero-order valence-electron chi connectivity index (χ0n) is 11.0. The Kier molecular flexibility index (Phi) is 3.38. The minimum atomic E-state index is -0.452. The molecule has 0 bridgehead atoms. The predicted octanol–water partition coefficient (Wildman–Crippen LogP) is 1.62. The monoisotopic (exact) mass is 261 g/mol. The minimum Gasteiger partial charge on any atom is -0.465 e. The van der Waals surface area contributed by atoms with Gasteiger partial charge in [0.25, 0.3) is 0 Å². The number of rotatable bonds is 2. The average Bonchev–Trinajstić information content (AvgIpc) is 2.62. The maximum atomic E-state index is 12.0. The molecule has 1 aliphatic heterocycles. The Morgan fingerprint density at radius 1 is 1.05 bits per heavy atom. The summed E-state index contributed by atoms with van der Waals surface area (Å²) in [5.41, 5.74) is 0.866. The molecule has 1 aromatic rings. The van der Waals surface area contributed by atoms with Crippen LogP contribution in [-0.4, -0.2) is 24.9 Å². The highest BCUT2D eigenvalue weighted by atomic mass is 16.5. The molecule has 1 aliphatic rings. The Morgan fingerprint density at radius 2 is 1.53 bits per heavy atom. The number of nitrogens with zero attached hydrogens (tertiary/aromatic N) is 1. The third kappa shape index (κ3) is 2.12. The highest BCUT2D eigenvalue weighted by Crippen LogP contribution is 2.30. The third-order valence-electron chi connectivity index (χ3n) is 3.52. The van der Waals surface area contributed by atoms with Crippen LogP contribution < -0.4 is 4.90 Å². The number of hydrogen-bond donors (Lipinski definition) is 0. The van der Waals surface area contributed by atoms with E-state index in [1.807, 2.05) is 0 Å². The largest absolute Gasteiger partial charge is 0.465 e. The summed E-state index contributed by atoms with van der Waals surface area (Å²) in [5, 5.41) is 0. The molecule has 5 nitrogen and oxygen atoms in total. The molecule has 0 radical (unpaired) electrons. The molecule has 0 saturated carbocycles. The quantitative estimate of drug-likeness (QED) is 0.599. The first-order valence-electron chi connectivity index (χ1n) is 6.03. The van der Waals surface area contributed by atoms with Crippen molar-refractivity contribution in [3.8, 4) is 0 Å². The Balaban J connectivity index is 2.31. The van der Waals surface area contributed by atoms with Crippen LogP contribution in [0.4, 0.5) is 5.69 Å². The van der Waals surface area contributed by atoms with E-state index < -0.39 is 5.97 Å². The smallest absolute Gasteiger partial charge is 0.337 e. The summed E-state index contributed by atoms with van der Waals surface area (Å²) in [6.07, 6.45) is 0. The van der Waals surface area contributed by atoms with Gasteiger partial charge in [-0.25, -0.2) is 4.79 Å². The number of esters is 1. The van der Waals surface area contributed by atoms with Gasteiger partial charge in [-0.05, 0) is 24.3 Å². The molecule has 0 aromatic heterocycles. The normalized spacial score (nSPS) is 22.8. The molecule has 2 amide bonds. The van der Waals surface area contributed by atoms with Crippen molar-refractivity contribution in [2.75, 3.05) is 12.0 Å². The van der Waals surface area contributed by atoms with E-state index in [1.54, 1.807) is 26.0 Å². The van der Waals surface area contributed by atoms with Crippen molar-refractivity contribution in [3.05, 3.63) is 29.8 Å². The molecule has 0 N–H and O–H groups in total. The molecule has 2 rings (SSSR count). The molecule has 1 aromatic carbocycles. The van der Waals surface area contributed by atoms with Crippen LogP contribution in [-0.2, 0) is 14.3 Å². The van der Waals surface area contributed by atoms with Crippen molar-refractivity contribution in [1.29, 1.82) is 0 Å². The van der Waals surface area contributed by atoms with Gasteiger partial charge < -0.3 is 4.74 Å². The van der Waals surface area contributed by atoms with Crippen LogP contribution in [0.1, 0.15) is 24.2 Å². The van der Waals surface area contributed by atoms with Crippen molar-refractivity contribution in [2.45, 2.75) is 13.8 Å². The molecule has 1 fully saturated rings. The molecule has 5 heteroatoms. The van der Waals surface area contributed by atoms with Gasteiger partial charge in [0.2, 0.25) is 11.8 Å². The molecule has 0 aliphatic carbocycles. The van der Waals surface area contributed by atoms with Gasteiger partial charge >= 0.3 is 5.97 Å². The summed E-state index contributed by atoms with van der Waals surface area (Å²) in [4.78, 5) is 36.5. The van der Waals surface area contributed by atoms with Gasteiger partial charge in [-0.2, -0.15) is 0 Å². The van der Waals surface area contributed by atoms with Crippen LogP contribution in [0.15, 0.2) is 24.3 Å². The first kappa shape index (κ1) is 13.3. The summed E-state index contributed by atoms with van der Waals surface area (Å²) in [5.74, 6) is -1.49. The topological polar surface area (TPSA) is 63.7 Å². The minimum absolute atomic E-state index is 0.205. The maximum Gasteiger partial charge on any atom is 0.337 e. The van der Waals surface area contributed by atoms with Gasteiger partial charge in [0, 0.05) is 11.8 Å². The van der Waals surface area contributed by atoms with Crippen molar-refractivity contribution in [2.24, 2.45) is 11.8 Å². The van der Waals surface area contributed by atoms with E-state index in [9.17, 15) is 14.4 Å². The highest BCUT2D eigenvalue weighted by molar-refractivity contribution is 6.21. The van der Waals surface area contributed by atoms with Crippen LogP contribution in [0, 0.1) is 11.8 Å². The van der Waals surface area contributed by atoms with E-state index in [2.05, 4.69) is 4.74 Å². The number of hydrogen-bond acceptors (Lipinski definition) is 4. The van der Waals surface area contributed by atoms with Crippen LogP contribution in [0.3, 0.4) is 0 Å². The van der Waals surface area contributed by atoms with E-state index >= 15 is 0 Å². The maximum absolute atomic E-state index is 12.0. The van der Waals surface area contributed by atoms with Crippen molar-refractivity contribution in [3.63, 3.8) is 0 Å². The summed E-state index contributed by atoms with van der Waals surface area (Å²) in [6, 6.07) is 6.23. The molecule has 1 saturated heterocycles. The number of imide groups is 1. The number of anilines is 1. The number of carbonyl (C=O) groups is 3. The number of amides is 2. The fraction of sp³-hybridized carbons (Fsp3) is 0.357. The lowest BCUT2D eigenvalue weighted by Crippen LogP contribution is -2.30. The van der Waals surface area contributed by atoms with Crippen LogP contribution in [0.2, 0.25) is 0 Å². The van der Waals surface area contributed by atoms with Gasteiger partial charge in [-0.1, -0.05) is 13.8 Å². The van der Waals surface area contributed by atoms with Gasteiger partial charge in [-0.3, -0.25) is 14.5 Å². The van der Waals surface area contributed by atoms with Crippen molar-refractivity contribution >= 4 is 23.5 Å². The Bertz CT molecular complexity index is 515. The lowest BCUT2D eigenvalue weighted by molar-refractivity contribution is -0.122. The Labute approximate surface area is 111 Å².